The number of aliphatic hydroxyl groups excluding tert-OH is 2. The number of aliphatic imine (C=N–C) groups is 1. The predicted molar refractivity (Wildman–Crippen MR) is 176 cm³/mol. The molecule has 45 heavy (non-hydrogen) atoms. The summed E-state index contributed by atoms with van der Waals surface area (Å²) in [4.78, 5) is 40.3. The average Bonchev–Trinajstić information content (AvgIpc) is 2.94. The molecule has 0 heterocycles. The van der Waals surface area contributed by atoms with Gasteiger partial charge in [-0.25, -0.2) is 0 Å². The van der Waals surface area contributed by atoms with Gasteiger partial charge in [-0.05, 0) is 58.3 Å². The molecule has 2 atom stereocenters. The first-order chi connectivity index (χ1) is 20.9. The fourth-order valence-corrected chi connectivity index (χ4v) is 3.90. The van der Waals surface area contributed by atoms with E-state index < -0.39 is 24.1 Å². The van der Waals surface area contributed by atoms with Crippen molar-refractivity contribution in [2.45, 2.75) is 104 Å². The number of carbonyl (C=O) groups excluding carboxylic acids is 2. The van der Waals surface area contributed by atoms with Gasteiger partial charge in [0.25, 0.3) is 0 Å². The Morgan fingerprint density at radius 1 is 0.756 bits per heavy atom. The van der Waals surface area contributed by atoms with E-state index in [1.807, 2.05) is 17.1 Å². The van der Waals surface area contributed by atoms with Crippen molar-refractivity contribution >= 4 is 61.5 Å². The minimum Gasteiger partial charge on any atom is -0.862 e. The van der Waals surface area contributed by atoms with E-state index in [1.54, 1.807) is 18.7 Å². The number of hydrogen-bond acceptors (Lipinski definition) is 10. The third-order valence-corrected chi connectivity index (χ3v) is 6.08. The van der Waals surface area contributed by atoms with Crippen LogP contribution in [0.1, 0.15) is 91.9 Å². The summed E-state index contributed by atoms with van der Waals surface area (Å²) in [5.74, 6) is -2.13. The van der Waals surface area contributed by atoms with Crippen molar-refractivity contribution in [1.82, 2.24) is 15.1 Å². The number of allylic oxidation sites excluding steroid dienone is 4. The number of nitrogens with zero attached hydrogens (tertiary/aromatic N) is 3. The van der Waals surface area contributed by atoms with E-state index in [4.69, 9.17) is 5.11 Å². The first-order valence-corrected chi connectivity index (χ1v) is 15.9. The molecule has 0 radical (unpaired) electrons. The van der Waals surface area contributed by atoms with Crippen LogP contribution in [0.2, 0.25) is 0 Å². The fraction of sp³-hybridized carbons (Fsp3) is 0.750. The normalized spacial score (nSPS) is 13.0. The molecule has 12 nitrogen and oxygen atoms in total. The van der Waals surface area contributed by atoms with Crippen LogP contribution in [-0.2, 0) is 14.4 Å². The molecule has 0 aliphatic carbocycles. The number of carboxylic acid groups (broad SMARTS) is 2. The zero-order valence-corrected chi connectivity index (χ0v) is 30.3. The molecule has 1 amide bonds. The Labute approximate surface area is 300 Å². The van der Waals surface area contributed by atoms with Crippen LogP contribution < -0.4 is 15.5 Å². The number of rotatable bonds is 26. The molecule has 0 aromatic carbocycles. The largest absolute Gasteiger partial charge is 2.00 e. The number of hydrogen-bond donors (Lipinski definition) is 4. The Balaban J connectivity index is -0.000000767. The monoisotopic (exact) mass is 666 g/mol. The summed E-state index contributed by atoms with van der Waals surface area (Å²) in [5, 5.41) is 52.4. The molecule has 0 aromatic heterocycles. The number of aliphatic hydroxyl groups is 2. The van der Waals surface area contributed by atoms with Gasteiger partial charge in [-0.2, -0.15) is 0 Å². The molecule has 4 N–H and O–H groups in total. The van der Waals surface area contributed by atoms with Crippen molar-refractivity contribution in [2.75, 3.05) is 52.4 Å². The van der Waals surface area contributed by atoms with Gasteiger partial charge in [0.2, 0.25) is 5.91 Å². The Kier molecular flexibility index (Phi) is 36.0. The maximum atomic E-state index is 11.6. The van der Waals surface area contributed by atoms with Gasteiger partial charge in [0.1, 0.15) is 0 Å². The van der Waals surface area contributed by atoms with E-state index in [1.165, 1.54) is 0 Å². The van der Waals surface area contributed by atoms with E-state index in [9.17, 15) is 34.8 Å². The van der Waals surface area contributed by atoms with Crippen LogP contribution in [-0.4, -0.2) is 151 Å². The van der Waals surface area contributed by atoms with E-state index in [0.29, 0.717) is 65.1 Å². The quantitative estimate of drug-likeness (QED) is 0.0443. The average molecular weight is 667 g/mol. The van der Waals surface area contributed by atoms with Crippen LogP contribution in [0.15, 0.2) is 29.3 Å². The van der Waals surface area contributed by atoms with Gasteiger partial charge in [0.05, 0.1) is 25.2 Å². The van der Waals surface area contributed by atoms with Crippen LogP contribution in [0.5, 0.6) is 0 Å². The molecule has 256 valence electrons. The first kappa shape index (κ1) is 47.9. The third kappa shape index (κ3) is 38.6. The molecular weight excluding hydrogens is 608 g/mol. The molecule has 13 heteroatoms. The number of amides is 1. The van der Waals surface area contributed by atoms with E-state index in [2.05, 4.69) is 36.3 Å². The van der Waals surface area contributed by atoms with Crippen molar-refractivity contribution in [3.05, 3.63) is 24.3 Å². The Hall–Kier alpha value is -1.54. The van der Waals surface area contributed by atoms with Crippen molar-refractivity contribution in [3.63, 3.8) is 0 Å². The van der Waals surface area contributed by atoms with Crippen LogP contribution in [0.25, 0.3) is 0 Å². The van der Waals surface area contributed by atoms with Gasteiger partial charge < -0.3 is 40.6 Å². The molecule has 0 aliphatic rings. The number of nitrogens with one attached hydrogen (secondary N) is 1. The van der Waals surface area contributed by atoms with Crippen molar-refractivity contribution in [2.24, 2.45) is 4.99 Å². The van der Waals surface area contributed by atoms with Gasteiger partial charge in [0.15, 0.2) is 0 Å². The maximum absolute atomic E-state index is 11.6. The zero-order valence-electron chi connectivity index (χ0n) is 28.1. The molecule has 0 rings (SSSR count). The minimum atomic E-state index is -1.12. The summed E-state index contributed by atoms with van der Waals surface area (Å²) < 4.78 is 0. The van der Waals surface area contributed by atoms with Gasteiger partial charge >= 0.3 is 43.7 Å². The second kappa shape index (κ2) is 33.8. The maximum Gasteiger partial charge on any atom is 2.00 e. The Morgan fingerprint density at radius 2 is 1.24 bits per heavy atom. The molecule has 0 saturated carbocycles. The molecule has 0 spiro atoms. The molecule has 0 aliphatic heterocycles. The van der Waals surface area contributed by atoms with Crippen molar-refractivity contribution in [3.8, 4) is 0 Å². The molecule has 0 saturated heterocycles. The van der Waals surface area contributed by atoms with Crippen LogP contribution in [0, 0.1) is 0 Å². The number of carbonyl (C=O) groups is 3. The first-order valence-electron chi connectivity index (χ1n) is 15.9. The fourth-order valence-electron chi connectivity index (χ4n) is 3.90. The number of aliphatic carboxylic acids is 2. The number of unbranched alkanes of at least 4 members (excludes halogenated alkanes) is 2. The zero-order chi connectivity index (χ0) is 33.6. The summed E-state index contributed by atoms with van der Waals surface area (Å²) in [6.45, 7) is 10.7. The van der Waals surface area contributed by atoms with Gasteiger partial charge in [-0.1, -0.05) is 51.0 Å². The molecular formula is C32H58CaN4O8. The van der Waals surface area contributed by atoms with Gasteiger partial charge in [-0.15, -0.1) is 0 Å². The summed E-state index contributed by atoms with van der Waals surface area (Å²) >= 11 is 0. The second-order valence-electron chi connectivity index (χ2n) is 10.8. The van der Waals surface area contributed by atoms with Crippen LogP contribution in [0.4, 0.5) is 0 Å². The molecule has 0 fully saturated rings. The van der Waals surface area contributed by atoms with Crippen molar-refractivity contribution in [1.29, 1.82) is 0 Å². The SMILES string of the molecule is CCC/C=C/CCC(=O)NCCN(CCC(=O)O)CC(C)O.CCC/C=C/CCC([O-])=NCCN(CCC(=O)[O-])CC(C)O.[Ca+2]. The molecule has 2 unspecified atom stereocenters. The predicted octanol–water partition coefficient (Wildman–Crippen LogP) is 0.720. The Bertz CT molecular complexity index is 838. The smallest absolute Gasteiger partial charge is 0.862 e. The van der Waals surface area contributed by atoms with Gasteiger partial charge in [-0.3, -0.25) is 19.4 Å². The third-order valence-electron chi connectivity index (χ3n) is 6.08. The van der Waals surface area contributed by atoms with Crippen LogP contribution >= 0.6 is 0 Å². The van der Waals surface area contributed by atoms with Crippen molar-refractivity contribution < 1.29 is 39.9 Å². The summed E-state index contributed by atoms with van der Waals surface area (Å²) in [7, 11) is 0. The second-order valence-corrected chi connectivity index (χ2v) is 10.8. The summed E-state index contributed by atoms with van der Waals surface area (Å²) in [6, 6.07) is 0. The summed E-state index contributed by atoms with van der Waals surface area (Å²) in [5.41, 5.74) is 0. The van der Waals surface area contributed by atoms with Gasteiger partial charge in [0, 0.05) is 58.2 Å². The topological polar surface area (TPSA) is 189 Å². The van der Waals surface area contributed by atoms with E-state index in [0.717, 1.165) is 32.1 Å². The standard InChI is InChI=1S/2C16H30N2O4.Ca/c2*1-3-4-5-6-7-8-15(20)17-10-12-18(13-14(2)19)11-9-16(21)22;/h2*5-6,14,19H,3-4,7-13H2,1-2H3,(H,17,20)(H,21,22);/q;;+2/p-2/b2*6-5+;. The molecule has 0 aromatic rings. The Morgan fingerprint density at radius 3 is 1.73 bits per heavy atom. The van der Waals surface area contributed by atoms with E-state index >= 15 is 0 Å². The van der Waals surface area contributed by atoms with E-state index in [-0.39, 0.29) is 68.9 Å². The van der Waals surface area contributed by atoms with Crippen LogP contribution in [0.3, 0.4) is 0 Å². The summed E-state index contributed by atoms with van der Waals surface area (Å²) in [6.07, 6.45) is 13.6. The molecule has 0 bridgehead atoms. The minimum absolute atomic E-state index is 0. The number of carboxylic acids is 2.